The molecule has 3 rings (SSSR count). The lowest BCUT2D eigenvalue weighted by molar-refractivity contribution is -0.140. The first-order valence-electron chi connectivity index (χ1n) is 13.4. The number of nitrogens with zero attached hydrogens (tertiary/aromatic N) is 2. The fourth-order valence-electron chi connectivity index (χ4n) is 4.23. The van der Waals surface area contributed by atoms with Crippen molar-refractivity contribution in [1.82, 2.24) is 10.2 Å². The number of nitrogens with one attached hydrogen (secondary N) is 1. The molecule has 0 bridgehead atoms. The van der Waals surface area contributed by atoms with E-state index in [4.69, 9.17) is 27.9 Å². The molecule has 0 radical (unpaired) electrons. The molecule has 3 aromatic carbocycles. The lowest BCUT2D eigenvalue weighted by Crippen LogP contribution is -2.53. The molecule has 0 saturated carbocycles. The Balaban J connectivity index is 2.09. The van der Waals surface area contributed by atoms with Gasteiger partial charge in [-0.05, 0) is 80.4 Å². The standard InChI is InChI=1S/C30H34Cl2FN3O5S/c1-5-20(3)34-30(38)28(6-2)35(18-25-26(31)8-7-9-27(25)32)29(37)19-36(22-12-10-21(33)11-13-22)42(39,40)24-16-14-23(41-4)15-17-24/h7-17,20,28H,5-6,18-19H2,1-4H3,(H,34,38)/t20-,28+/m1/s1. The molecule has 8 nitrogen and oxygen atoms in total. The van der Waals surface area contributed by atoms with Crippen molar-refractivity contribution in [3.8, 4) is 5.75 Å². The number of hydrogen-bond acceptors (Lipinski definition) is 5. The predicted molar refractivity (Wildman–Crippen MR) is 163 cm³/mol. The SMILES string of the molecule is CC[C@@H](C)NC(=O)[C@H](CC)N(Cc1c(Cl)cccc1Cl)C(=O)CN(c1ccc(F)cc1)S(=O)(=O)c1ccc(OC)cc1. The van der Waals surface area contributed by atoms with Gasteiger partial charge in [0.1, 0.15) is 24.2 Å². The van der Waals surface area contributed by atoms with Crippen LogP contribution in [-0.2, 0) is 26.2 Å². The monoisotopic (exact) mass is 637 g/mol. The summed E-state index contributed by atoms with van der Waals surface area (Å²) in [5.74, 6) is -1.21. The highest BCUT2D eigenvalue weighted by atomic mass is 35.5. The summed E-state index contributed by atoms with van der Waals surface area (Å²) in [6.07, 6.45) is 0.906. The number of methoxy groups -OCH3 is 1. The van der Waals surface area contributed by atoms with Crippen molar-refractivity contribution in [3.63, 3.8) is 0 Å². The molecule has 0 unspecified atom stereocenters. The van der Waals surface area contributed by atoms with Crippen LogP contribution in [0, 0.1) is 5.82 Å². The number of rotatable bonds is 13. The van der Waals surface area contributed by atoms with Gasteiger partial charge in [-0.15, -0.1) is 0 Å². The average Bonchev–Trinajstić information content (AvgIpc) is 2.97. The highest BCUT2D eigenvalue weighted by Gasteiger charge is 2.34. The normalized spacial score (nSPS) is 12.7. The molecule has 0 heterocycles. The molecule has 0 saturated heterocycles. The van der Waals surface area contributed by atoms with E-state index in [0.29, 0.717) is 27.8 Å². The molecular weight excluding hydrogens is 604 g/mol. The van der Waals surface area contributed by atoms with E-state index in [0.717, 1.165) is 16.4 Å². The Bertz CT molecular complexity index is 1470. The van der Waals surface area contributed by atoms with E-state index >= 15 is 0 Å². The van der Waals surface area contributed by atoms with Gasteiger partial charge < -0.3 is 15.0 Å². The predicted octanol–water partition coefficient (Wildman–Crippen LogP) is 6.06. The average molecular weight is 639 g/mol. The van der Waals surface area contributed by atoms with Crippen molar-refractivity contribution in [2.24, 2.45) is 0 Å². The molecule has 0 fully saturated rings. The van der Waals surface area contributed by atoms with Crippen LogP contribution in [0.2, 0.25) is 10.0 Å². The quantitative estimate of drug-likeness (QED) is 0.246. The summed E-state index contributed by atoms with van der Waals surface area (Å²) in [7, 11) is -2.88. The minimum absolute atomic E-state index is 0.0633. The molecule has 0 spiro atoms. The van der Waals surface area contributed by atoms with Crippen LogP contribution in [-0.4, -0.2) is 50.9 Å². The maximum atomic E-state index is 14.1. The van der Waals surface area contributed by atoms with E-state index in [2.05, 4.69) is 5.32 Å². The summed E-state index contributed by atoms with van der Waals surface area (Å²) >= 11 is 12.9. The zero-order valence-corrected chi connectivity index (χ0v) is 26.1. The molecule has 2 atom stereocenters. The summed E-state index contributed by atoms with van der Waals surface area (Å²) in [6.45, 7) is 4.68. The Morgan fingerprint density at radius 3 is 2.07 bits per heavy atom. The highest BCUT2D eigenvalue weighted by Crippen LogP contribution is 2.29. The molecule has 42 heavy (non-hydrogen) atoms. The number of sulfonamides is 1. The number of anilines is 1. The van der Waals surface area contributed by atoms with Crippen molar-refractivity contribution in [1.29, 1.82) is 0 Å². The van der Waals surface area contributed by atoms with E-state index in [1.807, 2.05) is 13.8 Å². The van der Waals surface area contributed by atoms with E-state index in [1.54, 1.807) is 25.1 Å². The zero-order chi connectivity index (χ0) is 31.0. The molecule has 12 heteroatoms. The first-order chi connectivity index (χ1) is 19.9. The third-order valence-electron chi connectivity index (χ3n) is 6.82. The summed E-state index contributed by atoms with van der Waals surface area (Å²) < 4.78 is 47.6. The van der Waals surface area contributed by atoms with Gasteiger partial charge in [0, 0.05) is 28.2 Å². The third kappa shape index (κ3) is 7.93. The summed E-state index contributed by atoms with van der Waals surface area (Å²) in [5, 5.41) is 3.49. The van der Waals surface area contributed by atoms with E-state index in [1.165, 1.54) is 48.4 Å². The van der Waals surface area contributed by atoms with Crippen LogP contribution in [0.1, 0.15) is 39.2 Å². The summed E-state index contributed by atoms with van der Waals surface area (Å²) in [4.78, 5) is 28.7. The summed E-state index contributed by atoms with van der Waals surface area (Å²) in [6, 6.07) is 14.2. The molecular formula is C30H34Cl2FN3O5S. The fourth-order valence-corrected chi connectivity index (χ4v) is 6.16. The largest absolute Gasteiger partial charge is 0.497 e. The number of amides is 2. The Morgan fingerprint density at radius 1 is 0.952 bits per heavy atom. The van der Waals surface area contributed by atoms with Crippen LogP contribution < -0.4 is 14.4 Å². The second-order valence-electron chi connectivity index (χ2n) is 9.63. The maximum absolute atomic E-state index is 14.1. The Labute approximate surface area is 256 Å². The number of benzene rings is 3. The van der Waals surface area contributed by atoms with Crippen molar-refractivity contribution >= 4 is 50.7 Å². The van der Waals surface area contributed by atoms with Gasteiger partial charge in [-0.25, -0.2) is 12.8 Å². The maximum Gasteiger partial charge on any atom is 0.264 e. The Morgan fingerprint density at radius 2 is 1.55 bits per heavy atom. The summed E-state index contributed by atoms with van der Waals surface area (Å²) in [5.41, 5.74) is 0.476. The highest BCUT2D eigenvalue weighted by molar-refractivity contribution is 7.92. The van der Waals surface area contributed by atoms with Crippen LogP contribution in [0.5, 0.6) is 5.75 Å². The van der Waals surface area contributed by atoms with E-state index < -0.39 is 40.2 Å². The third-order valence-corrected chi connectivity index (χ3v) is 9.31. The Kier molecular flexibility index (Phi) is 11.6. The van der Waals surface area contributed by atoms with Crippen molar-refractivity contribution in [2.45, 2.75) is 57.1 Å². The number of carbonyl (C=O) groups excluding carboxylic acids is 2. The second-order valence-corrected chi connectivity index (χ2v) is 12.3. The van der Waals surface area contributed by atoms with Gasteiger partial charge in [0.2, 0.25) is 11.8 Å². The lowest BCUT2D eigenvalue weighted by Gasteiger charge is -2.34. The number of carbonyl (C=O) groups is 2. The molecule has 0 aromatic heterocycles. The molecule has 0 aliphatic rings. The van der Waals surface area contributed by atoms with Gasteiger partial charge in [-0.3, -0.25) is 13.9 Å². The minimum Gasteiger partial charge on any atom is -0.497 e. The first kappa shape index (κ1) is 33.2. The molecule has 1 N–H and O–H groups in total. The Hall–Kier alpha value is -3.34. The van der Waals surface area contributed by atoms with Crippen LogP contribution in [0.4, 0.5) is 10.1 Å². The van der Waals surface area contributed by atoms with Crippen LogP contribution in [0.15, 0.2) is 71.6 Å². The van der Waals surface area contributed by atoms with Gasteiger partial charge in [0.05, 0.1) is 17.7 Å². The molecule has 0 aliphatic carbocycles. The second kappa shape index (κ2) is 14.7. The molecule has 0 aliphatic heterocycles. The van der Waals surface area contributed by atoms with Crippen LogP contribution in [0.25, 0.3) is 0 Å². The number of halogens is 3. The molecule has 226 valence electrons. The minimum atomic E-state index is -4.33. The molecule has 2 amide bonds. The lowest BCUT2D eigenvalue weighted by atomic mass is 10.1. The van der Waals surface area contributed by atoms with E-state index in [-0.39, 0.29) is 29.6 Å². The smallest absolute Gasteiger partial charge is 0.264 e. The number of ether oxygens (including phenoxy) is 1. The molecule has 3 aromatic rings. The topological polar surface area (TPSA) is 96.0 Å². The van der Waals surface area contributed by atoms with Crippen LogP contribution in [0.3, 0.4) is 0 Å². The van der Waals surface area contributed by atoms with Gasteiger partial charge in [-0.2, -0.15) is 0 Å². The van der Waals surface area contributed by atoms with Gasteiger partial charge in [-0.1, -0.05) is 43.1 Å². The van der Waals surface area contributed by atoms with Crippen LogP contribution >= 0.6 is 23.2 Å². The fraction of sp³-hybridized carbons (Fsp3) is 0.333. The first-order valence-corrected chi connectivity index (χ1v) is 15.6. The van der Waals surface area contributed by atoms with Crippen molar-refractivity contribution in [3.05, 3.63) is 88.2 Å². The van der Waals surface area contributed by atoms with E-state index in [9.17, 15) is 22.4 Å². The van der Waals surface area contributed by atoms with Gasteiger partial charge >= 0.3 is 0 Å². The van der Waals surface area contributed by atoms with Crippen molar-refractivity contribution in [2.75, 3.05) is 18.0 Å². The van der Waals surface area contributed by atoms with Gasteiger partial charge in [0.15, 0.2) is 0 Å². The van der Waals surface area contributed by atoms with Gasteiger partial charge in [0.25, 0.3) is 10.0 Å². The zero-order valence-electron chi connectivity index (χ0n) is 23.8. The number of hydrogen-bond donors (Lipinski definition) is 1. The van der Waals surface area contributed by atoms with Crippen molar-refractivity contribution < 1.29 is 27.1 Å².